The minimum Gasteiger partial charge on any atom is -0.319 e. The molecule has 0 saturated heterocycles. The maximum absolute atomic E-state index is 14.0. The molecule has 3 heteroatoms. The fourth-order valence-corrected chi connectivity index (χ4v) is 2.94. The lowest BCUT2D eigenvalue weighted by atomic mass is 9.91. The Hall–Kier alpha value is -0.600. The zero-order chi connectivity index (χ0) is 11.8. The Kier molecular flexibility index (Phi) is 3.22. The van der Waals surface area contributed by atoms with E-state index in [-0.39, 0.29) is 16.3 Å². The van der Waals surface area contributed by atoms with Crippen LogP contribution in [-0.2, 0) is 5.41 Å². The van der Waals surface area contributed by atoms with Crippen LogP contribution in [0.5, 0.6) is 0 Å². The zero-order valence-corrected chi connectivity index (χ0v) is 10.4. The predicted molar refractivity (Wildman–Crippen MR) is 65.4 cm³/mol. The third-order valence-electron chi connectivity index (χ3n) is 3.71. The highest BCUT2D eigenvalue weighted by Crippen LogP contribution is 2.56. The van der Waals surface area contributed by atoms with Crippen molar-refractivity contribution in [2.24, 2.45) is 5.92 Å². The van der Waals surface area contributed by atoms with Crippen molar-refractivity contribution < 1.29 is 4.39 Å². The first-order valence-electron chi connectivity index (χ1n) is 5.74. The Morgan fingerprint density at radius 3 is 2.88 bits per heavy atom. The fourth-order valence-electron chi connectivity index (χ4n) is 2.76. The molecule has 0 bridgehead atoms. The van der Waals surface area contributed by atoms with Gasteiger partial charge in [0.15, 0.2) is 0 Å². The van der Waals surface area contributed by atoms with Crippen LogP contribution in [0.3, 0.4) is 0 Å². The smallest absolute Gasteiger partial charge is 0.145 e. The molecule has 1 saturated carbocycles. The van der Waals surface area contributed by atoms with Crippen molar-refractivity contribution >= 4 is 11.6 Å². The largest absolute Gasteiger partial charge is 0.319 e. The van der Waals surface area contributed by atoms with Crippen LogP contribution in [0.2, 0.25) is 5.02 Å². The Labute approximate surface area is 101 Å². The van der Waals surface area contributed by atoms with Gasteiger partial charge in [-0.05, 0) is 31.0 Å². The van der Waals surface area contributed by atoms with Crippen molar-refractivity contribution in [3.8, 4) is 0 Å². The number of likely N-dealkylation sites (N-methyl/N-ethyl adjacent to an activating group) is 1. The van der Waals surface area contributed by atoms with E-state index in [0.717, 1.165) is 24.9 Å². The molecule has 0 spiro atoms. The van der Waals surface area contributed by atoms with Crippen LogP contribution in [-0.4, -0.2) is 13.6 Å². The van der Waals surface area contributed by atoms with E-state index in [1.165, 1.54) is 0 Å². The highest BCUT2D eigenvalue weighted by atomic mass is 35.5. The molecule has 0 heterocycles. The van der Waals surface area contributed by atoms with Gasteiger partial charge in [-0.15, -0.1) is 0 Å². The Balaban J connectivity index is 2.38. The van der Waals surface area contributed by atoms with Crippen LogP contribution in [0, 0.1) is 11.7 Å². The molecule has 1 aliphatic rings. The Morgan fingerprint density at radius 2 is 2.31 bits per heavy atom. The third kappa shape index (κ3) is 1.74. The standard InChI is InChI=1S/C13H17ClFN/c1-3-9-7-13(9,8-16-2)10-5-4-6-11(14)12(10)15/h4-6,9,16H,3,7-8H2,1-2H3. The van der Waals surface area contributed by atoms with Crippen molar-refractivity contribution in [1.82, 2.24) is 5.32 Å². The quantitative estimate of drug-likeness (QED) is 0.852. The molecule has 1 fully saturated rings. The summed E-state index contributed by atoms with van der Waals surface area (Å²) < 4.78 is 14.0. The molecule has 0 aliphatic heterocycles. The molecular formula is C13H17ClFN. The van der Waals surface area contributed by atoms with E-state index in [4.69, 9.17) is 11.6 Å². The lowest BCUT2D eigenvalue weighted by molar-refractivity contribution is 0.513. The number of nitrogens with one attached hydrogen (secondary N) is 1. The average molecular weight is 242 g/mol. The minimum atomic E-state index is -0.240. The van der Waals surface area contributed by atoms with Gasteiger partial charge in [0.2, 0.25) is 0 Å². The summed E-state index contributed by atoms with van der Waals surface area (Å²) in [5.41, 5.74) is 0.750. The summed E-state index contributed by atoms with van der Waals surface area (Å²) in [5.74, 6) is 0.336. The molecule has 2 unspecified atom stereocenters. The maximum Gasteiger partial charge on any atom is 0.145 e. The monoisotopic (exact) mass is 241 g/mol. The van der Waals surface area contributed by atoms with Gasteiger partial charge in [0, 0.05) is 12.0 Å². The van der Waals surface area contributed by atoms with Crippen molar-refractivity contribution in [2.75, 3.05) is 13.6 Å². The Morgan fingerprint density at radius 1 is 1.56 bits per heavy atom. The van der Waals surface area contributed by atoms with E-state index < -0.39 is 0 Å². The van der Waals surface area contributed by atoms with Crippen LogP contribution in [0.15, 0.2) is 18.2 Å². The summed E-state index contributed by atoms with van der Waals surface area (Å²) in [4.78, 5) is 0. The third-order valence-corrected chi connectivity index (χ3v) is 4.00. The lowest BCUT2D eigenvalue weighted by Crippen LogP contribution is -2.26. The molecule has 0 radical (unpaired) electrons. The SMILES string of the molecule is CCC1CC1(CNC)c1cccc(Cl)c1F. The van der Waals surface area contributed by atoms with E-state index in [0.29, 0.717) is 5.92 Å². The van der Waals surface area contributed by atoms with Gasteiger partial charge in [-0.1, -0.05) is 37.1 Å². The summed E-state index contributed by atoms with van der Waals surface area (Å²) in [6.45, 7) is 2.98. The lowest BCUT2D eigenvalue weighted by Gasteiger charge is -2.18. The molecule has 1 nitrogen and oxygen atoms in total. The van der Waals surface area contributed by atoms with Gasteiger partial charge in [0.1, 0.15) is 5.82 Å². The van der Waals surface area contributed by atoms with E-state index in [9.17, 15) is 4.39 Å². The minimum absolute atomic E-state index is 0.0293. The van der Waals surface area contributed by atoms with Crippen molar-refractivity contribution in [3.63, 3.8) is 0 Å². The predicted octanol–water partition coefficient (Wildman–Crippen LogP) is 3.37. The van der Waals surface area contributed by atoms with Crippen molar-refractivity contribution in [2.45, 2.75) is 25.2 Å². The molecule has 0 aromatic heterocycles. The van der Waals surface area contributed by atoms with E-state index >= 15 is 0 Å². The second-order valence-electron chi connectivity index (χ2n) is 4.60. The molecule has 1 N–H and O–H groups in total. The van der Waals surface area contributed by atoms with Gasteiger partial charge in [-0.2, -0.15) is 0 Å². The fraction of sp³-hybridized carbons (Fsp3) is 0.538. The maximum atomic E-state index is 14.0. The number of hydrogen-bond donors (Lipinski definition) is 1. The van der Waals surface area contributed by atoms with Crippen LogP contribution in [0.4, 0.5) is 4.39 Å². The summed E-state index contributed by atoms with van der Waals surface area (Å²) in [5, 5.41) is 3.40. The van der Waals surface area contributed by atoms with E-state index in [2.05, 4.69) is 12.2 Å². The first-order valence-corrected chi connectivity index (χ1v) is 6.12. The van der Waals surface area contributed by atoms with Crippen molar-refractivity contribution in [3.05, 3.63) is 34.6 Å². The van der Waals surface area contributed by atoms with Crippen LogP contribution >= 0.6 is 11.6 Å². The molecule has 1 aliphatic carbocycles. The van der Waals surface area contributed by atoms with Crippen LogP contribution < -0.4 is 5.32 Å². The normalized spacial score (nSPS) is 28.1. The average Bonchev–Trinajstić information content (AvgIpc) is 2.97. The molecule has 16 heavy (non-hydrogen) atoms. The van der Waals surface area contributed by atoms with E-state index in [1.54, 1.807) is 6.07 Å². The van der Waals surface area contributed by atoms with Gasteiger partial charge in [-0.3, -0.25) is 0 Å². The van der Waals surface area contributed by atoms with Gasteiger partial charge >= 0.3 is 0 Å². The van der Waals surface area contributed by atoms with Gasteiger partial charge in [0.25, 0.3) is 0 Å². The summed E-state index contributed by atoms with van der Waals surface area (Å²) in [6.07, 6.45) is 2.15. The summed E-state index contributed by atoms with van der Waals surface area (Å²) in [6, 6.07) is 5.31. The van der Waals surface area contributed by atoms with Crippen LogP contribution in [0.1, 0.15) is 25.3 Å². The molecule has 1 aromatic carbocycles. The van der Waals surface area contributed by atoms with Gasteiger partial charge < -0.3 is 5.32 Å². The van der Waals surface area contributed by atoms with Gasteiger partial charge in [-0.25, -0.2) is 4.39 Å². The highest BCUT2D eigenvalue weighted by molar-refractivity contribution is 6.30. The molecular weight excluding hydrogens is 225 g/mol. The molecule has 88 valence electrons. The second kappa shape index (κ2) is 4.34. The van der Waals surface area contributed by atoms with Crippen molar-refractivity contribution in [1.29, 1.82) is 0 Å². The Bertz CT molecular complexity index is 394. The number of halogens is 2. The second-order valence-corrected chi connectivity index (χ2v) is 5.00. The number of benzene rings is 1. The van der Waals surface area contributed by atoms with Gasteiger partial charge in [0.05, 0.1) is 5.02 Å². The zero-order valence-electron chi connectivity index (χ0n) is 9.69. The number of rotatable bonds is 4. The first kappa shape index (κ1) is 11.9. The highest BCUT2D eigenvalue weighted by Gasteiger charge is 2.54. The molecule has 1 aromatic rings. The van der Waals surface area contributed by atoms with E-state index in [1.807, 2.05) is 19.2 Å². The first-order chi connectivity index (χ1) is 7.65. The van der Waals surface area contributed by atoms with Crippen LogP contribution in [0.25, 0.3) is 0 Å². The summed E-state index contributed by atoms with van der Waals surface area (Å²) in [7, 11) is 1.91. The molecule has 2 atom stereocenters. The number of hydrogen-bond acceptors (Lipinski definition) is 1. The molecule has 2 rings (SSSR count). The summed E-state index contributed by atoms with van der Waals surface area (Å²) >= 11 is 5.84. The molecule has 0 amide bonds. The topological polar surface area (TPSA) is 12.0 Å².